The van der Waals surface area contributed by atoms with Crippen molar-refractivity contribution in [3.05, 3.63) is 65.9 Å². The number of carbonyl (C=O) groups is 5. The van der Waals surface area contributed by atoms with Crippen molar-refractivity contribution in [3.63, 3.8) is 0 Å². The summed E-state index contributed by atoms with van der Waals surface area (Å²) in [5.74, 6) is -5.70. The molecule has 3 aromatic rings. The number of amides is 3. The lowest BCUT2D eigenvalue weighted by atomic mass is 10.0. The number of carbonyl (C=O) groups excluding carboxylic acids is 3. The number of aromatic amines is 1. The van der Waals surface area contributed by atoms with Crippen molar-refractivity contribution in [2.45, 2.75) is 43.4 Å². The number of aliphatic hydroxyl groups is 1. The van der Waals surface area contributed by atoms with Crippen LogP contribution in [0.2, 0.25) is 0 Å². The Hall–Kier alpha value is -4.95. The van der Waals surface area contributed by atoms with E-state index >= 15 is 0 Å². The van der Waals surface area contributed by atoms with Crippen LogP contribution in [0.15, 0.2) is 54.7 Å². The highest BCUT2D eigenvalue weighted by Gasteiger charge is 2.32. The molecule has 14 heteroatoms. The molecule has 0 aliphatic heterocycles. The lowest BCUT2D eigenvalue weighted by molar-refractivity contribution is -0.144. The Bertz CT molecular complexity index is 1410. The topological polar surface area (TPSA) is 244 Å². The van der Waals surface area contributed by atoms with Gasteiger partial charge in [0.05, 0.1) is 19.1 Å². The molecule has 1 heterocycles. The molecule has 218 valence electrons. The van der Waals surface area contributed by atoms with Gasteiger partial charge in [0.15, 0.2) is 0 Å². The van der Waals surface area contributed by atoms with Crippen molar-refractivity contribution in [2.24, 2.45) is 5.73 Å². The fourth-order valence-corrected chi connectivity index (χ4v) is 4.10. The van der Waals surface area contributed by atoms with Crippen LogP contribution in [0.1, 0.15) is 17.5 Å². The molecule has 4 atom stereocenters. The van der Waals surface area contributed by atoms with Gasteiger partial charge in [-0.15, -0.1) is 0 Å². The highest BCUT2D eigenvalue weighted by Crippen LogP contribution is 2.19. The molecule has 4 unspecified atom stereocenters. The van der Waals surface area contributed by atoms with Crippen LogP contribution in [0.25, 0.3) is 10.9 Å². The van der Waals surface area contributed by atoms with E-state index in [2.05, 4.69) is 20.9 Å². The molecule has 3 amide bonds. The molecule has 0 aliphatic rings. The van der Waals surface area contributed by atoms with Gasteiger partial charge in [-0.2, -0.15) is 0 Å². The quantitative estimate of drug-likeness (QED) is 0.114. The van der Waals surface area contributed by atoms with E-state index in [1.165, 1.54) is 12.1 Å². The Labute approximate surface area is 233 Å². The van der Waals surface area contributed by atoms with Gasteiger partial charge in [-0.25, -0.2) is 4.79 Å². The number of phenols is 1. The van der Waals surface area contributed by atoms with Crippen molar-refractivity contribution in [1.82, 2.24) is 20.9 Å². The number of aromatic nitrogens is 1. The number of nitrogens with one attached hydrogen (secondary N) is 4. The van der Waals surface area contributed by atoms with E-state index in [9.17, 15) is 44.4 Å². The third-order valence-electron chi connectivity index (χ3n) is 6.27. The van der Waals surface area contributed by atoms with Gasteiger partial charge in [0.25, 0.3) is 0 Å². The Morgan fingerprint density at radius 3 is 2.05 bits per heavy atom. The zero-order valence-corrected chi connectivity index (χ0v) is 21.7. The second-order valence-electron chi connectivity index (χ2n) is 9.34. The Balaban J connectivity index is 1.80. The molecule has 14 nitrogen and oxygen atoms in total. The first-order valence-corrected chi connectivity index (χ1v) is 12.5. The minimum Gasteiger partial charge on any atom is -0.508 e. The number of phenolic OH excluding ortho intramolecular Hbond substituents is 1. The van der Waals surface area contributed by atoms with Gasteiger partial charge in [-0.3, -0.25) is 19.2 Å². The summed E-state index contributed by atoms with van der Waals surface area (Å²) in [5, 5.41) is 44.9. The zero-order chi connectivity index (χ0) is 30.1. The number of benzene rings is 2. The maximum absolute atomic E-state index is 13.2. The number of carboxylic acid groups (broad SMARTS) is 2. The average molecular weight is 570 g/mol. The number of para-hydroxylation sites is 1. The molecule has 2 aromatic carbocycles. The largest absolute Gasteiger partial charge is 0.508 e. The summed E-state index contributed by atoms with van der Waals surface area (Å²) in [6.45, 7) is -0.911. The maximum atomic E-state index is 13.2. The first-order valence-electron chi connectivity index (χ1n) is 12.5. The van der Waals surface area contributed by atoms with E-state index < -0.39 is 66.9 Å². The maximum Gasteiger partial charge on any atom is 0.328 e. The lowest BCUT2D eigenvalue weighted by Gasteiger charge is -2.24. The highest BCUT2D eigenvalue weighted by atomic mass is 16.4. The number of hydrogen-bond donors (Lipinski definition) is 9. The Morgan fingerprint density at radius 2 is 1.41 bits per heavy atom. The smallest absolute Gasteiger partial charge is 0.328 e. The standard InChI is InChI=1S/C27H31N5O9/c28-18(9-14-5-7-16(34)8-6-14)24(37)30-21(11-23(35)36)26(39)31-20(25(38)32-22(13-33)27(40)41)10-15-12-29-19-4-2-1-3-17(15)19/h1-8,12,18,20-22,29,33-34H,9-11,13,28H2,(H,30,37)(H,31,39)(H,32,38)(H,35,36)(H,40,41). The molecule has 0 saturated carbocycles. The van der Waals surface area contributed by atoms with Crippen LogP contribution in [0.3, 0.4) is 0 Å². The minimum absolute atomic E-state index is 0.0184. The number of hydrogen-bond acceptors (Lipinski definition) is 8. The molecule has 0 bridgehead atoms. The third kappa shape index (κ3) is 8.52. The molecule has 41 heavy (non-hydrogen) atoms. The van der Waals surface area contributed by atoms with Crippen LogP contribution in [-0.4, -0.2) is 85.8 Å². The number of nitrogens with two attached hydrogens (primary N) is 1. The summed E-state index contributed by atoms with van der Waals surface area (Å²) in [4.78, 5) is 64.9. The van der Waals surface area contributed by atoms with E-state index in [0.29, 0.717) is 11.1 Å². The van der Waals surface area contributed by atoms with Gasteiger partial charge in [0.1, 0.15) is 23.9 Å². The zero-order valence-electron chi connectivity index (χ0n) is 21.7. The predicted octanol–water partition coefficient (Wildman–Crippen LogP) is -1.01. The number of aromatic hydroxyl groups is 1. The lowest BCUT2D eigenvalue weighted by Crippen LogP contribution is -2.58. The average Bonchev–Trinajstić information content (AvgIpc) is 3.34. The van der Waals surface area contributed by atoms with Crippen molar-refractivity contribution < 1.29 is 44.4 Å². The van der Waals surface area contributed by atoms with Gasteiger partial charge >= 0.3 is 11.9 Å². The first kappa shape index (κ1) is 30.6. The molecule has 10 N–H and O–H groups in total. The third-order valence-corrected chi connectivity index (χ3v) is 6.27. The SMILES string of the molecule is NC(Cc1ccc(O)cc1)C(=O)NC(CC(=O)O)C(=O)NC(Cc1c[nH]c2ccccc12)C(=O)NC(CO)C(=O)O. The van der Waals surface area contributed by atoms with E-state index in [-0.39, 0.29) is 18.6 Å². The molecule has 0 spiro atoms. The summed E-state index contributed by atoms with van der Waals surface area (Å²) in [6, 6.07) is 7.17. The Morgan fingerprint density at radius 1 is 0.805 bits per heavy atom. The Kier molecular flexibility index (Phi) is 10.4. The molecule has 1 aromatic heterocycles. The summed E-state index contributed by atoms with van der Waals surface area (Å²) in [6.07, 6.45) is 0.667. The number of carboxylic acids is 2. The summed E-state index contributed by atoms with van der Waals surface area (Å²) in [5.41, 5.74) is 7.90. The van der Waals surface area contributed by atoms with E-state index in [0.717, 1.165) is 10.9 Å². The second-order valence-corrected chi connectivity index (χ2v) is 9.34. The molecular weight excluding hydrogens is 538 g/mol. The fraction of sp³-hybridized carbons (Fsp3) is 0.296. The number of fused-ring (bicyclic) bond motifs is 1. The first-order chi connectivity index (χ1) is 19.5. The van der Waals surface area contributed by atoms with E-state index in [1.807, 2.05) is 0 Å². The van der Waals surface area contributed by atoms with Gasteiger partial charge in [0.2, 0.25) is 17.7 Å². The van der Waals surface area contributed by atoms with Gasteiger partial charge < -0.3 is 47.1 Å². The molecule has 3 rings (SSSR count). The van der Waals surface area contributed by atoms with E-state index in [4.69, 9.17) is 5.73 Å². The number of H-pyrrole nitrogens is 1. The van der Waals surface area contributed by atoms with Crippen LogP contribution < -0.4 is 21.7 Å². The van der Waals surface area contributed by atoms with E-state index in [1.54, 1.807) is 42.6 Å². The molecule has 0 aliphatic carbocycles. The fourth-order valence-electron chi connectivity index (χ4n) is 4.10. The monoisotopic (exact) mass is 569 g/mol. The van der Waals surface area contributed by atoms with Crippen molar-refractivity contribution in [1.29, 1.82) is 0 Å². The van der Waals surface area contributed by atoms with Crippen LogP contribution >= 0.6 is 0 Å². The van der Waals surface area contributed by atoms with Crippen LogP contribution in [-0.2, 0) is 36.8 Å². The molecule has 0 radical (unpaired) electrons. The molecule has 0 fully saturated rings. The van der Waals surface area contributed by atoms with Gasteiger partial charge in [0, 0.05) is 23.5 Å². The van der Waals surface area contributed by atoms with Crippen molar-refractivity contribution in [3.8, 4) is 5.75 Å². The summed E-state index contributed by atoms with van der Waals surface area (Å²) in [7, 11) is 0. The number of rotatable bonds is 14. The van der Waals surface area contributed by atoms with Crippen molar-refractivity contribution in [2.75, 3.05) is 6.61 Å². The summed E-state index contributed by atoms with van der Waals surface area (Å²) >= 11 is 0. The van der Waals surface area contributed by atoms with Gasteiger partial charge in [-0.05, 0) is 35.7 Å². The highest BCUT2D eigenvalue weighted by molar-refractivity contribution is 5.96. The predicted molar refractivity (Wildman–Crippen MR) is 145 cm³/mol. The summed E-state index contributed by atoms with van der Waals surface area (Å²) < 4.78 is 0. The van der Waals surface area contributed by atoms with Crippen LogP contribution in [0.5, 0.6) is 5.75 Å². The van der Waals surface area contributed by atoms with Crippen LogP contribution in [0.4, 0.5) is 0 Å². The van der Waals surface area contributed by atoms with Crippen molar-refractivity contribution >= 4 is 40.6 Å². The molecular formula is C27H31N5O9. The minimum atomic E-state index is -1.66. The van der Waals surface area contributed by atoms with Crippen LogP contribution in [0, 0.1) is 0 Å². The number of aliphatic carboxylic acids is 2. The van der Waals surface area contributed by atoms with Gasteiger partial charge in [-0.1, -0.05) is 30.3 Å². The number of aliphatic hydroxyl groups excluding tert-OH is 1. The molecule has 0 saturated heterocycles. The normalized spacial score (nSPS) is 13.9. The second kappa shape index (κ2) is 13.9.